The molecule has 1 heterocycles. The second-order valence-corrected chi connectivity index (χ2v) is 8.93. The van der Waals surface area contributed by atoms with E-state index in [9.17, 15) is 13.9 Å². The van der Waals surface area contributed by atoms with Gasteiger partial charge in [-0.3, -0.25) is 0 Å². The molecule has 1 aliphatic heterocycles. The molecule has 0 saturated carbocycles. The molecule has 0 aromatic heterocycles. The summed E-state index contributed by atoms with van der Waals surface area (Å²) in [5.41, 5.74) is 3.29. The Hall–Kier alpha value is -2.60. The molecule has 2 N–H and O–H groups in total. The highest BCUT2D eigenvalue weighted by Crippen LogP contribution is 2.30. The first-order valence-electron chi connectivity index (χ1n) is 11.8. The van der Waals surface area contributed by atoms with E-state index in [1.54, 1.807) is 0 Å². The van der Waals surface area contributed by atoms with Gasteiger partial charge in [-0.2, -0.15) is 0 Å². The minimum Gasteiger partial charge on any atom is -0.390 e. The van der Waals surface area contributed by atoms with Gasteiger partial charge >= 0.3 is 0 Å². The third kappa shape index (κ3) is 6.70. The molecule has 1 saturated heterocycles. The number of halogens is 2. The quantitative estimate of drug-likeness (QED) is 0.476. The van der Waals surface area contributed by atoms with E-state index in [1.807, 2.05) is 42.5 Å². The van der Waals surface area contributed by atoms with Crippen LogP contribution >= 0.6 is 0 Å². The van der Waals surface area contributed by atoms with Crippen molar-refractivity contribution in [2.45, 2.75) is 43.9 Å². The number of nitrogens with zero attached hydrogens (tertiary/aromatic N) is 1. The van der Waals surface area contributed by atoms with Gasteiger partial charge < -0.3 is 15.3 Å². The molecule has 33 heavy (non-hydrogen) atoms. The second-order valence-electron chi connectivity index (χ2n) is 8.93. The van der Waals surface area contributed by atoms with E-state index in [4.69, 9.17) is 0 Å². The molecule has 5 heteroatoms. The summed E-state index contributed by atoms with van der Waals surface area (Å²) < 4.78 is 26.9. The van der Waals surface area contributed by atoms with Gasteiger partial charge in [0, 0.05) is 25.0 Å². The number of piperidine rings is 1. The summed E-state index contributed by atoms with van der Waals surface area (Å²) in [5.74, 6) is -0.426. The molecule has 0 spiro atoms. The second kappa shape index (κ2) is 11.5. The molecule has 0 aliphatic carbocycles. The Morgan fingerprint density at radius 2 is 1.48 bits per heavy atom. The first kappa shape index (κ1) is 23.6. The van der Waals surface area contributed by atoms with Crippen molar-refractivity contribution in [2.75, 3.05) is 19.6 Å². The Morgan fingerprint density at radius 1 is 0.879 bits per heavy atom. The van der Waals surface area contributed by atoms with Gasteiger partial charge in [-0.1, -0.05) is 54.6 Å². The zero-order chi connectivity index (χ0) is 23.0. The maximum absolute atomic E-state index is 13.4. The Labute approximate surface area is 195 Å². The van der Waals surface area contributed by atoms with Crippen LogP contribution in [-0.4, -0.2) is 41.8 Å². The van der Waals surface area contributed by atoms with Crippen molar-refractivity contribution in [3.05, 3.63) is 107 Å². The number of hydrogen-bond donors (Lipinski definition) is 2. The van der Waals surface area contributed by atoms with E-state index in [-0.39, 0.29) is 23.6 Å². The molecule has 3 nitrogen and oxygen atoms in total. The van der Waals surface area contributed by atoms with Gasteiger partial charge in [0.2, 0.25) is 0 Å². The maximum atomic E-state index is 13.4. The Bertz CT molecular complexity index is 934. The fourth-order valence-corrected chi connectivity index (χ4v) is 4.72. The number of likely N-dealkylation sites (tertiary alicyclic amines) is 1. The average Bonchev–Trinajstić information content (AvgIpc) is 2.83. The van der Waals surface area contributed by atoms with E-state index in [2.05, 4.69) is 22.3 Å². The van der Waals surface area contributed by atoms with Crippen molar-refractivity contribution >= 4 is 0 Å². The van der Waals surface area contributed by atoms with Crippen molar-refractivity contribution in [2.24, 2.45) is 0 Å². The van der Waals surface area contributed by atoms with Crippen LogP contribution in [0, 0.1) is 11.6 Å². The van der Waals surface area contributed by atoms with Crippen LogP contribution in [0.1, 0.15) is 41.9 Å². The summed E-state index contributed by atoms with van der Waals surface area (Å²) in [6.45, 7) is 3.26. The van der Waals surface area contributed by atoms with E-state index in [0.29, 0.717) is 6.54 Å². The molecule has 3 aromatic carbocycles. The van der Waals surface area contributed by atoms with Crippen LogP contribution in [0.2, 0.25) is 0 Å². The van der Waals surface area contributed by atoms with E-state index in [0.717, 1.165) is 50.0 Å². The molecule has 2 atom stereocenters. The van der Waals surface area contributed by atoms with Crippen molar-refractivity contribution in [3.8, 4) is 0 Å². The number of β-amino-alcohol motifs (C(OH)–C–C–N with tert-alkyl or cyclic N) is 1. The lowest BCUT2D eigenvalue weighted by molar-refractivity contribution is 0.0392. The zero-order valence-electron chi connectivity index (χ0n) is 18.8. The standard InChI is InChI=1S/C28H32F2N2O/c29-24-12-8-22(9-13-24)26(23-10-14-25(30)15-11-23)7-4-17-32-18-16-27(28(33)20-32)31-19-21-5-2-1-3-6-21/h1-3,5-6,8-15,26-28,31,33H,4,7,16-20H2/t27-,28-/m0/s1. The number of aliphatic hydroxyl groups is 1. The molecule has 0 bridgehead atoms. The third-order valence-electron chi connectivity index (χ3n) is 6.59. The van der Waals surface area contributed by atoms with Crippen LogP contribution in [0.25, 0.3) is 0 Å². The lowest BCUT2D eigenvalue weighted by Crippen LogP contribution is -2.52. The number of rotatable bonds is 9. The monoisotopic (exact) mass is 450 g/mol. The summed E-state index contributed by atoms with van der Waals surface area (Å²) in [7, 11) is 0. The summed E-state index contributed by atoms with van der Waals surface area (Å²) in [6.07, 6.45) is 2.33. The first-order valence-corrected chi connectivity index (χ1v) is 11.8. The van der Waals surface area contributed by atoms with Crippen LogP contribution in [0.15, 0.2) is 78.9 Å². The van der Waals surface area contributed by atoms with Crippen molar-refractivity contribution in [1.82, 2.24) is 10.2 Å². The van der Waals surface area contributed by atoms with Crippen molar-refractivity contribution in [3.63, 3.8) is 0 Å². The molecule has 0 radical (unpaired) electrons. The molecule has 4 rings (SSSR count). The van der Waals surface area contributed by atoms with Gasteiger partial charge in [0.05, 0.1) is 6.10 Å². The van der Waals surface area contributed by atoms with Gasteiger partial charge in [0.15, 0.2) is 0 Å². The lowest BCUT2D eigenvalue weighted by Gasteiger charge is -2.36. The van der Waals surface area contributed by atoms with Crippen LogP contribution < -0.4 is 5.32 Å². The Morgan fingerprint density at radius 3 is 2.06 bits per heavy atom. The summed E-state index contributed by atoms with van der Waals surface area (Å²) in [6, 6.07) is 23.5. The highest BCUT2D eigenvalue weighted by molar-refractivity contribution is 5.32. The number of benzene rings is 3. The molecule has 1 fully saturated rings. The molecule has 174 valence electrons. The van der Waals surface area contributed by atoms with Gasteiger partial charge in [-0.05, 0) is 73.3 Å². The smallest absolute Gasteiger partial charge is 0.123 e. The number of hydrogen-bond acceptors (Lipinski definition) is 3. The summed E-state index contributed by atoms with van der Waals surface area (Å²) in [5, 5.41) is 14.2. The minimum atomic E-state index is -0.396. The Balaban J connectivity index is 1.29. The predicted octanol–water partition coefficient (Wildman–Crippen LogP) is 5.10. The number of nitrogens with one attached hydrogen (secondary N) is 1. The molecule has 3 aromatic rings. The molecule has 0 unspecified atom stereocenters. The summed E-state index contributed by atoms with van der Waals surface area (Å²) in [4.78, 5) is 2.32. The Kier molecular flexibility index (Phi) is 8.21. The highest BCUT2D eigenvalue weighted by Gasteiger charge is 2.27. The first-order chi connectivity index (χ1) is 16.1. The van der Waals surface area contributed by atoms with E-state index < -0.39 is 6.10 Å². The largest absolute Gasteiger partial charge is 0.390 e. The van der Waals surface area contributed by atoms with E-state index in [1.165, 1.54) is 29.8 Å². The van der Waals surface area contributed by atoms with Crippen LogP contribution in [0.3, 0.4) is 0 Å². The molecule has 1 aliphatic rings. The summed E-state index contributed by atoms with van der Waals surface area (Å²) >= 11 is 0. The van der Waals surface area contributed by atoms with E-state index >= 15 is 0 Å². The minimum absolute atomic E-state index is 0.0844. The predicted molar refractivity (Wildman–Crippen MR) is 128 cm³/mol. The zero-order valence-corrected chi connectivity index (χ0v) is 18.8. The molecular formula is C28H32F2N2O. The van der Waals surface area contributed by atoms with Gasteiger partial charge in [0.25, 0.3) is 0 Å². The fourth-order valence-electron chi connectivity index (χ4n) is 4.72. The third-order valence-corrected chi connectivity index (χ3v) is 6.59. The van der Waals surface area contributed by atoms with Crippen LogP contribution in [-0.2, 0) is 6.54 Å². The topological polar surface area (TPSA) is 35.5 Å². The van der Waals surface area contributed by atoms with Crippen LogP contribution in [0.4, 0.5) is 8.78 Å². The molecular weight excluding hydrogens is 418 g/mol. The SMILES string of the molecule is O[C@H]1CN(CCCC(c2ccc(F)cc2)c2ccc(F)cc2)CC[C@@H]1NCc1ccccc1. The van der Waals surface area contributed by atoms with Crippen molar-refractivity contribution < 1.29 is 13.9 Å². The molecule has 0 amide bonds. The van der Waals surface area contributed by atoms with Gasteiger partial charge in [-0.15, -0.1) is 0 Å². The lowest BCUT2D eigenvalue weighted by atomic mass is 9.87. The highest BCUT2D eigenvalue weighted by atomic mass is 19.1. The van der Waals surface area contributed by atoms with Crippen molar-refractivity contribution in [1.29, 1.82) is 0 Å². The van der Waals surface area contributed by atoms with Gasteiger partial charge in [0.1, 0.15) is 11.6 Å². The van der Waals surface area contributed by atoms with Crippen LogP contribution in [0.5, 0.6) is 0 Å². The maximum Gasteiger partial charge on any atom is 0.123 e. The normalized spacial score (nSPS) is 19.2. The average molecular weight is 451 g/mol. The fraction of sp³-hybridized carbons (Fsp3) is 0.357. The number of aliphatic hydroxyl groups excluding tert-OH is 1. The van der Waals surface area contributed by atoms with Gasteiger partial charge in [-0.25, -0.2) is 8.78 Å².